The molecule has 17 heavy (non-hydrogen) atoms. The summed E-state index contributed by atoms with van der Waals surface area (Å²) in [5.74, 6) is -0.698. The van der Waals surface area contributed by atoms with Crippen molar-refractivity contribution in [1.82, 2.24) is 9.47 Å². The largest absolute Gasteiger partial charge is 0.465 e. The van der Waals surface area contributed by atoms with E-state index >= 15 is 0 Å². The van der Waals surface area contributed by atoms with E-state index in [0.29, 0.717) is 17.3 Å². The lowest BCUT2D eigenvalue weighted by Crippen LogP contribution is -2.34. The van der Waals surface area contributed by atoms with Gasteiger partial charge in [0.25, 0.3) is 5.91 Å². The van der Waals surface area contributed by atoms with Gasteiger partial charge in [0.1, 0.15) is 12.2 Å². The average Bonchev–Trinajstić information content (AvgIpc) is 2.56. The summed E-state index contributed by atoms with van der Waals surface area (Å²) >= 11 is 5.79. The summed E-state index contributed by atoms with van der Waals surface area (Å²) in [4.78, 5) is 24.5. The van der Waals surface area contributed by atoms with E-state index < -0.39 is 5.97 Å². The Morgan fingerprint density at radius 1 is 1.53 bits per heavy atom. The third kappa shape index (κ3) is 3.49. The molecule has 0 atom stereocenters. The van der Waals surface area contributed by atoms with Crippen LogP contribution in [0.1, 0.15) is 17.4 Å². The van der Waals surface area contributed by atoms with Crippen LogP contribution in [0.2, 0.25) is 5.02 Å². The summed E-state index contributed by atoms with van der Waals surface area (Å²) in [5.41, 5.74) is 0.432. The van der Waals surface area contributed by atoms with Gasteiger partial charge in [-0.1, -0.05) is 11.6 Å². The summed E-state index contributed by atoms with van der Waals surface area (Å²) in [6.45, 7) is 1.95. The maximum absolute atomic E-state index is 12.0. The summed E-state index contributed by atoms with van der Waals surface area (Å²) in [5, 5.41) is 0.486. The van der Waals surface area contributed by atoms with E-state index in [1.165, 1.54) is 4.90 Å². The summed E-state index contributed by atoms with van der Waals surface area (Å²) in [7, 11) is 3.26. The standard InChI is InChI=1S/C11H15ClN2O3/c1-4-17-10(15)7-14(3)11(16)9-5-8(12)6-13(9)2/h5-6H,4,7H2,1-3H3. The molecule has 0 aliphatic heterocycles. The molecule has 0 saturated heterocycles. The number of nitrogens with zero attached hydrogens (tertiary/aromatic N) is 2. The molecule has 0 unspecified atom stereocenters. The highest BCUT2D eigenvalue weighted by atomic mass is 35.5. The van der Waals surface area contributed by atoms with Gasteiger partial charge in [0, 0.05) is 20.3 Å². The Bertz CT molecular complexity index is 428. The smallest absolute Gasteiger partial charge is 0.325 e. The highest BCUT2D eigenvalue weighted by Crippen LogP contribution is 2.14. The maximum atomic E-state index is 12.0. The lowest BCUT2D eigenvalue weighted by Gasteiger charge is -2.16. The number of carbonyl (C=O) groups is 2. The van der Waals surface area contributed by atoms with Crippen molar-refractivity contribution in [1.29, 1.82) is 0 Å². The number of amides is 1. The second-order valence-electron chi connectivity index (χ2n) is 3.62. The summed E-state index contributed by atoms with van der Waals surface area (Å²) < 4.78 is 6.39. The van der Waals surface area contributed by atoms with Crippen LogP contribution in [-0.4, -0.2) is 41.5 Å². The molecule has 1 heterocycles. The van der Waals surface area contributed by atoms with Gasteiger partial charge in [-0.2, -0.15) is 0 Å². The highest BCUT2D eigenvalue weighted by Gasteiger charge is 2.18. The fraction of sp³-hybridized carbons (Fsp3) is 0.455. The molecule has 5 nitrogen and oxygen atoms in total. The topological polar surface area (TPSA) is 51.5 Å². The maximum Gasteiger partial charge on any atom is 0.325 e. The third-order valence-corrected chi connectivity index (χ3v) is 2.42. The molecule has 0 spiro atoms. The zero-order valence-corrected chi connectivity index (χ0v) is 10.8. The van der Waals surface area contributed by atoms with Gasteiger partial charge in [0.15, 0.2) is 0 Å². The zero-order chi connectivity index (χ0) is 13.0. The number of aryl methyl sites for hydroxylation is 1. The first-order valence-corrected chi connectivity index (χ1v) is 5.56. The molecule has 1 rings (SSSR count). The van der Waals surface area contributed by atoms with Crippen LogP contribution in [0, 0.1) is 0 Å². The SMILES string of the molecule is CCOC(=O)CN(C)C(=O)c1cc(Cl)cn1C. The third-order valence-electron chi connectivity index (χ3n) is 2.21. The van der Waals surface area contributed by atoms with Crippen LogP contribution in [0.3, 0.4) is 0 Å². The minimum absolute atomic E-state index is 0.0739. The van der Waals surface area contributed by atoms with Crippen LogP contribution in [0.5, 0.6) is 0 Å². The second kappa shape index (κ2) is 5.72. The lowest BCUT2D eigenvalue weighted by atomic mass is 10.3. The van der Waals surface area contributed by atoms with E-state index in [9.17, 15) is 9.59 Å². The highest BCUT2D eigenvalue weighted by molar-refractivity contribution is 6.31. The molecule has 0 fully saturated rings. The van der Waals surface area contributed by atoms with Crippen LogP contribution in [0.15, 0.2) is 12.3 Å². The van der Waals surface area contributed by atoms with E-state index in [1.807, 2.05) is 0 Å². The predicted molar refractivity (Wildman–Crippen MR) is 64.0 cm³/mol. The van der Waals surface area contributed by atoms with Crippen molar-refractivity contribution in [3.05, 3.63) is 23.0 Å². The Morgan fingerprint density at radius 3 is 2.65 bits per heavy atom. The summed E-state index contributed by atoms with van der Waals surface area (Å²) in [6.07, 6.45) is 1.63. The normalized spacial score (nSPS) is 10.1. The molecule has 1 aromatic heterocycles. The van der Waals surface area contributed by atoms with E-state index in [-0.39, 0.29) is 12.5 Å². The summed E-state index contributed by atoms with van der Waals surface area (Å²) in [6, 6.07) is 1.56. The van der Waals surface area contributed by atoms with Gasteiger partial charge >= 0.3 is 5.97 Å². The number of likely N-dealkylation sites (N-methyl/N-ethyl adjacent to an activating group) is 1. The van der Waals surface area contributed by atoms with Crippen LogP contribution < -0.4 is 0 Å². The van der Waals surface area contributed by atoms with Crippen molar-refractivity contribution in [2.24, 2.45) is 7.05 Å². The molecule has 0 aliphatic carbocycles. The van der Waals surface area contributed by atoms with Gasteiger partial charge in [-0.05, 0) is 13.0 Å². The first-order valence-electron chi connectivity index (χ1n) is 5.18. The Morgan fingerprint density at radius 2 is 2.18 bits per heavy atom. The van der Waals surface area contributed by atoms with Gasteiger partial charge in [0.2, 0.25) is 0 Å². The van der Waals surface area contributed by atoms with Crippen LogP contribution in [0.4, 0.5) is 0 Å². The van der Waals surface area contributed by atoms with E-state index in [4.69, 9.17) is 16.3 Å². The van der Waals surface area contributed by atoms with E-state index in [1.54, 1.807) is 37.8 Å². The number of rotatable bonds is 4. The molecule has 0 radical (unpaired) electrons. The minimum Gasteiger partial charge on any atom is -0.465 e. The number of halogens is 1. The Hall–Kier alpha value is -1.49. The van der Waals surface area contributed by atoms with Crippen molar-refractivity contribution in [3.8, 4) is 0 Å². The molecule has 0 aromatic carbocycles. The van der Waals surface area contributed by atoms with Gasteiger partial charge in [-0.3, -0.25) is 9.59 Å². The van der Waals surface area contributed by atoms with Crippen molar-refractivity contribution in [2.45, 2.75) is 6.92 Å². The first kappa shape index (κ1) is 13.6. The minimum atomic E-state index is -0.427. The quantitative estimate of drug-likeness (QED) is 0.766. The van der Waals surface area contributed by atoms with Crippen LogP contribution >= 0.6 is 11.6 Å². The average molecular weight is 259 g/mol. The number of ether oxygens (including phenoxy) is 1. The predicted octanol–water partition coefficient (Wildman–Crippen LogP) is 1.31. The lowest BCUT2D eigenvalue weighted by molar-refractivity contribution is -0.143. The molecule has 1 aromatic rings. The van der Waals surface area contributed by atoms with E-state index in [0.717, 1.165) is 0 Å². The molecular weight excluding hydrogens is 244 g/mol. The first-order chi connectivity index (χ1) is 7.95. The van der Waals surface area contributed by atoms with Crippen molar-refractivity contribution < 1.29 is 14.3 Å². The number of hydrogen-bond acceptors (Lipinski definition) is 3. The molecule has 0 saturated carbocycles. The Kier molecular flexibility index (Phi) is 4.57. The van der Waals surface area contributed by atoms with Gasteiger partial charge in [-0.25, -0.2) is 0 Å². The van der Waals surface area contributed by atoms with Crippen molar-refractivity contribution >= 4 is 23.5 Å². The van der Waals surface area contributed by atoms with Crippen molar-refractivity contribution in [2.75, 3.05) is 20.2 Å². The van der Waals surface area contributed by atoms with Gasteiger partial charge in [-0.15, -0.1) is 0 Å². The monoisotopic (exact) mass is 258 g/mol. The number of carbonyl (C=O) groups excluding carboxylic acids is 2. The van der Waals surface area contributed by atoms with Crippen molar-refractivity contribution in [3.63, 3.8) is 0 Å². The van der Waals surface area contributed by atoms with Gasteiger partial charge in [0.05, 0.1) is 11.6 Å². The second-order valence-corrected chi connectivity index (χ2v) is 4.06. The molecule has 0 bridgehead atoms. The van der Waals surface area contributed by atoms with Crippen LogP contribution in [-0.2, 0) is 16.6 Å². The number of hydrogen-bond donors (Lipinski definition) is 0. The molecule has 94 valence electrons. The molecule has 1 amide bonds. The zero-order valence-electron chi connectivity index (χ0n) is 10.1. The Balaban J connectivity index is 2.70. The van der Waals surface area contributed by atoms with E-state index in [2.05, 4.69) is 0 Å². The Labute approximate surface area is 105 Å². The fourth-order valence-corrected chi connectivity index (χ4v) is 1.65. The number of esters is 1. The van der Waals surface area contributed by atoms with Crippen LogP contribution in [0.25, 0.3) is 0 Å². The molecule has 6 heteroatoms. The van der Waals surface area contributed by atoms with Gasteiger partial charge < -0.3 is 14.2 Å². The molecule has 0 N–H and O–H groups in total. The number of aromatic nitrogens is 1. The molecular formula is C11H15ClN2O3. The fourth-order valence-electron chi connectivity index (χ4n) is 1.40. The molecule has 0 aliphatic rings.